The van der Waals surface area contributed by atoms with Crippen molar-refractivity contribution in [2.75, 3.05) is 0 Å². The third kappa shape index (κ3) is 5.74. The molecule has 0 fully saturated rings. The van der Waals surface area contributed by atoms with Crippen LogP contribution < -0.4 is 0 Å². The van der Waals surface area contributed by atoms with Crippen LogP contribution in [0.1, 0.15) is 111 Å². The summed E-state index contributed by atoms with van der Waals surface area (Å²) in [5.74, 6) is 0.793. The summed E-state index contributed by atoms with van der Waals surface area (Å²) in [6.45, 7) is 28.0. The maximum absolute atomic E-state index is 11.3. The van der Waals surface area contributed by atoms with Gasteiger partial charge in [0, 0.05) is 22.3 Å². The predicted molar refractivity (Wildman–Crippen MR) is 160 cm³/mol. The zero-order valence-electron chi connectivity index (χ0n) is 25.4. The van der Waals surface area contributed by atoms with Crippen LogP contribution in [0.5, 0.6) is 11.5 Å². The lowest BCUT2D eigenvalue weighted by molar-refractivity contribution is 0.422. The summed E-state index contributed by atoms with van der Waals surface area (Å²) in [5.41, 5.74) is 8.72. The quantitative estimate of drug-likeness (QED) is 0.367. The zero-order valence-corrected chi connectivity index (χ0v) is 25.4. The van der Waals surface area contributed by atoms with Crippen molar-refractivity contribution in [2.24, 2.45) is 0 Å². The van der Waals surface area contributed by atoms with Crippen LogP contribution in [0, 0.1) is 6.92 Å². The summed E-state index contributed by atoms with van der Waals surface area (Å²) in [4.78, 5) is 0. The van der Waals surface area contributed by atoms with E-state index in [1.807, 2.05) is 0 Å². The molecule has 0 unspecified atom stereocenters. The van der Waals surface area contributed by atoms with Gasteiger partial charge in [-0.05, 0) is 80.7 Å². The summed E-state index contributed by atoms with van der Waals surface area (Å²) >= 11 is 0. The molecule has 200 valence electrons. The number of aromatic hydroxyl groups is 2. The Bertz CT molecular complexity index is 1240. The molecular weight excluding hydrogens is 452 g/mol. The molecule has 3 aromatic rings. The van der Waals surface area contributed by atoms with Gasteiger partial charge in [-0.1, -0.05) is 101 Å². The van der Waals surface area contributed by atoms with E-state index >= 15 is 0 Å². The molecule has 0 radical (unpaired) electrons. The molecule has 2 heteroatoms. The molecule has 0 heterocycles. The highest BCUT2D eigenvalue weighted by atomic mass is 16.3. The third-order valence-electron chi connectivity index (χ3n) is 7.32. The largest absolute Gasteiger partial charge is 0.507 e. The minimum Gasteiger partial charge on any atom is -0.507 e. The summed E-state index contributed by atoms with van der Waals surface area (Å²) < 4.78 is 0. The van der Waals surface area contributed by atoms with Crippen molar-refractivity contribution in [1.82, 2.24) is 0 Å². The minimum absolute atomic E-state index is 0.207. The van der Waals surface area contributed by atoms with Crippen molar-refractivity contribution in [2.45, 2.75) is 112 Å². The average molecular weight is 501 g/mol. The van der Waals surface area contributed by atoms with Crippen LogP contribution in [0.4, 0.5) is 0 Å². The second-order valence-electron chi connectivity index (χ2n) is 14.8. The van der Waals surface area contributed by atoms with Gasteiger partial charge >= 0.3 is 0 Å². The fraction of sp³-hybridized carbons (Fsp3) is 0.486. The molecule has 0 aliphatic carbocycles. The van der Waals surface area contributed by atoms with Crippen molar-refractivity contribution in [3.63, 3.8) is 0 Å². The monoisotopic (exact) mass is 500 g/mol. The van der Waals surface area contributed by atoms with Gasteiger partial charge in [0.1, 0.15) is 11.5 Å². The van der Waals surface area contributed by atoms with Crippen molar-refractivity contribution in [1.29, 1.82) is 0 Å². The van der Waals surface area contributed by atoms with E-state index in [1.165, 1.54) is 11.1 Å². The second-order valence-corrected chi connectivity index (χ2v) is 14.8. The number of rotatable bonds is 2. The van der Waals surface area contributed by atoms with Gasteiger partial charge in [-0.3, -0.25) is 0 Å². The van der Waals surface area contributed by atoms with Crippen LogP contribution in [-0.2, 0) is 21.7 Å². The van der Waals surface area contributed by atoms with Crippen LogP contribution >= 0.6 is 0 Å². The lowest BCUT2D eigenvalue weighted by Gasteiger charge is -2.30. The molecule has 3 aromatic carbocycles. The molecular formula is C35H48O2. The first-order chi connectivity index (χ1) is 16.6. The Kier molecular flexibility index (Phi) is 7.19. The van der Waals surface area contributed by atoms with E-state index in [2.05, 4.69) is 132 Å². The van der Waals surface area contributed by atoms with Crippen LogP contribution in [0.15, 0.2) is 42.5 Å². The van der Waals surface area contributed by atoms with E-state index < -0.39 is 0 Å². The number of hydrogen-bond acceptors (Lipinski definition) is 2. The fourth-order valence-electron chi connectivity index (χ4n) is 5.15. The molecule has 0 spiro atoms. The first-order valence-corrected chi connectivity index (χ1v) is 13.5. The van der Waals surface area contributed by atoms with Crippen LogP contribution in [0.25, 0.3) is 22.3 Å². The molecule has 0 saturated carbocycles. The van der Waals surface area contributed by atoms with E-state index in [0.717, 1.165) is 38.9 Å². The Hall–Kier alpha value is -2.74. The van der Waals surface area contributed by atoms with E-state index in [1.54, 1.807) is 0 Å². The smallest absolute Gasteiger partial charge is 0.123 e. The molecule has 0 atom stereocenters. The van der Waals surface area contributed by atoms with Gasteiger partial charge in [0.15, 0.2) is 0 Å². The predicted octanol–water partition coefficient (Wildman–Crippen LogP) is 9.93. The lowest BCUT2D eigenvalue weighted by atomic mass is 9.75. The number of hydrogen-bond donors (Lipinski definition) is 2. The van der Waals surface area contributed by atoms with Gasteiger partial charge in [0.2, 0.25) is 0 Å². The summed E-state index contributed by atoms with van der Waals surface area (Å²) in [5, 5.41) is 22.7. The average Bonchev–Trinajstić information content (AvgIpc) is 2.70. The highest BCUT2D eigenvalue weighted by Gasteiger charge is 2.30. The first kappa shape index (κ1) is 28.8. The topological polar surface area (TPSA) is 40.5 Å². The van der Waals surface area contributed by atoms with E-state index in [0.29, 0.717) is 11.5 Å². The van der Waals surface area contributed by atoms with Gasteiger partial charge in [-0.2, -0.15) is 0 Å². The Morgan fingerprint density at radius 3 is 1.14 bits per heavy atom. The molecule has 0 aliphatic heterocycles. The number of phenolic OH excluding ortho intramolecular Hbond substituents is 2. The molecule has 0 amide bonds. The van der Waals surface area contributed by atoms with Gasteiger partial charge in [-0.15, -0.1) is 0 Å². The fourth-order valence-corrected chi connectivity index (χ4v) is 5.15. The first-order valence-electron chi connectivity index (χ1n) is 13.5. The van der Waals surface area contributed by atoms with Crippen molar-refractivity contribution in [3.05, 3.63) is 70.3 Å². The molecule has 0 bridgehead atoms. The molecule has 0 saturated heterocycles. The van der Waals surface area contributed by atoms with Crippen molar-refractivity contribution in [3.8, 4) is 33.8 Å². The lowest BCUT2D eigenvalue weighted by Crippen LogP contribution is -2.18. The van der Waals surface area contributed by atoms with Crippen LogP contribution in [0.2, 0.25) is 0 Å². The summed E-state index contributed by atoms with van der Waals surface area (Å²) in [6, 6.07) is 15.1. The molecule has 0 aliphatic rings. The number of phenols is 2. The molecule has 37 heavy (non-hydrogen) atoms. The highest BCUT2D eigenvalue weighted by molar-refractivity contribution is 5.87. The standard InChI is InChI=1S/C35H48O2/c1-21-15-14-16-24(22-17-25(32(2,3)4)30(36)26(18-22)33(5,6)7)29(21)23-19-27(34(8,9)10)31(37)28(20-23)35(11,12)13/h14-20,36-37H,1-13H3. The van der Waals surface area contributed by atoms with Gasteiger partial charge in [0.05, 0.1) is 0 Å². The van der Waals surface area contributed by atoms with Crippen LogP contribution in [0.3, 0.4) is 0 Å². The van der Waals surface area contributed by atoms with Crippen molar-refractivity contribution < 1.29 is 10.2 Å². The molecule has 0 aromatic heterocycles. The van der Waals surface area contributed by atoms with Gasteiger partial charge < -0.3 is 10.2 Å². The Labute approximate surface area is 225 Å². The van der Waals surface area contributed by atoms with Crippen LogP contribution in [-0.4, -0.2) is 10.2 Å². The summed E-state index contributed by atoms with van der Waals surface area (Å²) in [6.07, 6.45) is 0. The maximum Gasteiger partial charge on any atom is 0.123 e. The van der Waals surface area contributed by atoms with Gasteiger partial charge in [-0.25, -0.2) is 0 Å². The molecule has 2 nitrogen and oxygen atoms in total. The van der Waals surface area contributed by atoms with E-state index in [-0.39, 0.29) is 21.7 Å². The normalized spacial score (nSPS) is 13.2. The Balaban J connectivity index is 2.47. The number of aryl methyl sites for hydroxylation is 1. The Morgan fingerprint density at radius 1 is 0.486 bits per heavy atom. The third-order valence-corrected chi connectivity index (χ3v) is 7.32. The van der Waals surface area contributed by atoms with E-state index in [9.17, 15) is 10.2 Å². The highest BCUT2D eigenvalue weighted by Crippen LogP contribution is 2.47. The van der Waals surface area contributed by atoms with Crippen molar-refractivity contribution >= 4 is 0 Å². The van der Waals surface area contributed by atoms with Gasteiger partial charge in [0.25, 0.3) is 0 Å². The Morgan fingerprint density at radius 2 is 0.811 bits per heavy atom. The maximum atomic E-state index is 11.3. The van der Waals surface area contributed by atoms with E-state index in [4.69, 9.17) is 0 Å². The molecule has 3 rings (SSSR count). The number of benzene rings is 3. The SMILES string of the molecule is Cc1cccc(-c2cc(C(C)(C)C)c(O)c(C(C)(C)C)c2)c1-c1cc(C(C)(C)C)c(O)c(C(C)(C)C)c1. The zero-order chi connectivity index (χ0) is 28.3. The second kappa shape index (κ2) is 9.22. The minimum atomic E-state index is -0.208. The molecule has 2 N–H and O–H groups in total. The summed E-state index contributed by atoms with van der Waals surface area (Å²) in [7, 11) is 0.